The molecular formula is C14H23N5O2. The van der Waals surface area contributed by atoms with Crippen LogP contribution in [-0.4, -0.2) is 41.6 Å². The van der Waals surface area contributed by atoms with Gasteiger partial charge in [-0.2, -0.15) is 0 Å². The first-order valence-electron chi connectivity index (χ1n) is 7.35. The number of hydrogen-bond acceptors (Lipinski definition) is 6. The number of anilines is 2. The molecule has 1 saturated carbocycles. The molecule has 116 valence electrons. The van der Waals surface area contributed by atoms with Crippen LogP contribution in [0.15, 0.2) is 6.33 Å². The van der Waals surface area contributed by atoms with E-state index in [1.54, 1.807) is 14.0 Å². The summed E-state index contributed by atoms with van der Waals surface area (Å²) in [7, 11) is 1.57. The van der Waals surface area contributed by atoms with Gasteiger partial charge >= 0.3 is 0 Å². The van der Waals surface area contributed by atoms with Gasteiger partial charge in [0, 0.05) is 12.6 Å². The van der Waals surface area contributed by atoms with Crippen LogP contribution in [0, 0.1) is 0 Å². The lowest BCUT2D eigenvalue weighted by Crippen LogP contribution is -2.39. The van der Waals surface area contributed by atoms with Crippen LogP contribution in [0.1, 0.15) is 33.1 Å². The summed E-state index contributed by atoms with van der Waals surface area (Å²) in [4.78, 5) is 20.3. The lowest BCUT2D eigenvalue weighted by Gasteiger charge is -2.17. The van der Waals surface area contributed by atoms with Crippen LogP contribution >= 0.6 is 0 Å². The molecule has 1 aliphatic carbocycles. The fourth-order valence-corrected chi connectivity index (χ4v) is 1.86. The lowest BCUT2D eigenvalue weighted by atomic mass is 10.3. The summed E-state index contributed by atoms with van der Waals surface area (Å²) in [6, 6.07) is -0.0377. The molecule has 1 fully saturated rings. The molecule has 7 heteroatoms. The third kappa shape index (κ3) is 4.21. The van der Waals surface area contributed by atoms with E-state index in [4.69, 9.17) is 4.74 Å². The second kappa shape index (κ2) is 7.10. The predicted molar refractivity (Wildman–Crippen MR) is 81.6 cm³/mol. The minimum atomic E-state index is -0.381. The summed E-state index contributed by atoms with van der Waals surface area (Å²) < 4.78 is 5.37. The van der Waals surface area contributed by atoms with E-state index in [0.29, 0.717) is 23.4 Å². The van der Waals surface area contributed by atoms with Gasteiger partial charge < -0.3 is 20.7 Å². The number of ether oxygens (including phenoxy) is 1. The molecule has 1 heterocycles. The smallest absolute Gasteiger partial charge is 0.242 e. The first kappa shape index (κ1) is 15.3. The highest BCUT2D eigenvalue weighted by molar-refractivity contribution is 5.85. The van der Waals surface area contributed by atoms with Gasteiger partial charge in [0.15, 0.2) is 11.6 Å². The minimum absolute atomic E-state index is 0.0266. The van der Waals surface area contributed by atoms with E-state index >= 15 is 0 Å². The van der Waals surface area contributed by atoms with Crippen molar-refractivity contribution in [2.45, 2.75) is 45.2 Å². The standard InChI is InChI=1S/C14H23N5O2/c1-4-7-15-12-11(21-3)13(17-8-16-12)18-9(2)14(20)19-10-5-6-10/h8-10H,4-7H2,1-3H3,(H,19,20)(H2,15,16,17,18). The Balaban J connectivity index is 2.05. The highest BCUT2D eigenvalue weighted by atomic mass is 16.5. The maximum atomic E-state index is 12.0. The van der Waals surface area contributed by atoms with Crippen molar-refractivity contribution in [3.05, 3.63) is 6.33 Å². The Kier molecular flexibility index (Phi) is 5.19. The van der Waals surface area contributed by atoms with E-state index in [2.05, 4.69) is 32.8 Å². The first-order valence-corrected chi connectivity index (χ1v) is 7.35. The van der Waals surface area contributed by atoms with Gasteiger partial charge in [0.2, 0.25) is 11.7 Å². The van der Waals surface area contributed by atoms with E-state index in [1.165, 1.54) is 6.33 Å². The first-order chi connectivity index (χ1) is 10.2. The Morgan fingerprint density at radius 3 is 2.76 bits per heavy atom. The van der Waals surface area contributed by atoms with Gasteiger partial charge in [0.1, 0.15) is 12.4 Å². The zero-order chi connectivity index (χ0) is 15.2. The Morgan fingerprint density at radius 1 is 1.43 bits per heavy atom. The minimum Gasteiger partial charge on any atom is -0.490 e. The van der Waals surface area contributed by atoms with Gasteiger partial charge in [0.05, 0.1) is 7.11 Å². The SMILES string of the molecule is CCCNc1ncnc(NC(C)C(=O)NC2CC2)c1OC. The third-order valence-electron chi connectivity index (χ3n) is 3.22. The molecule has 1 unspecified atom stereocenters. The van der Waals surface area contributed by atoms with Gasteiger partial charge in [-0.15, -0.1) is 0 Å². The maximum Gasteiger partial charge on any atom is 0.242 e. The summed E-state index contributed by atoms with van der Waals surface area (Å²) >= 11 is 0. The number of rotatable bonds is 8. The highest BCUT2D eigenvalue weighted by Gasteiger charge is 2.26. The van der Waals surface area contributed by atoms with Crippen molar-refractivity contribution in [2.75, 3.05) is 24.3 Å². The molecule has 2 rings (SSSR count). The molecule has 1 amide bonds. The number of amides is 1. The molecule has 7 nitrogen and oxygen atoms in total. The molecule has 21 heavy (non-hydrogen) atoms. The average molecular weight is 293 g/mol. The zero-order valence-electron chi connectivity index (χ0n) is 12.8. The Morgan fingerprint density at radius 2 is 2.14 bits per heavy atom. The highest BCUT2D eigenvalue weighted by Crippen LogP contribution is 2.29. The summed E-state index contributed by atoms with van der Waals surface area (Å²) in [5, 5.41) is 9.22. The van der Waals surface area contributed by atoms with E-state index in [-0.39, 0.29) is 11.9 Å². The van der Waals surface area contributed by atoms with Crippen LogP contribution in [0.5, 0.6) is 5.75 Å². The van der Waals surface area contributed by atoms with Crippen molar-refractivity contribution in [3.8, 4) is 5.75 Å². The number of hydrogen-bond donors (Lipinski definition) is 3. The van der Waals surface area contributed by atoms with Crippen molar-refractivity contribution in [1.29, 1.82) is 0 Å². The monoisotopic (exact) mass is 293 g/mol. The number of carbonyl (C=O) groups is 1. The third-order valence-corrected chi connectivity index (χ3v) is 3.22. The van der Waals surface area contributed by atoms with Crippen molar-refractivity contribution in [2.24, 2.45) is 0 Å². The molecular weight excluding hydrogens is 270 g/mol. The summed E-state index contributed by atoms with van der Waals surface area (Å²) in [5.74, 6) is 1.65. The molecule has 1 aromatic rings. The van der Waals surface area contributed by atoms with Crippen LogP contribution in [0.2, 0.25) is 0 Å². The number of nitrogens with one attached hydrogen (secondary N) is 3. The lowest BCUT2D eigenvalue weighted by molar-refractivity contribution is -0.121. The number of carbonyl (C=O) groups excluding carboxylic acids is 1. The number of methoxy groups -OCH3 is 1. The molecule has 0 aromatic carbocycles. The topological polar surface area (TPSA) is 88.2 Å². The molecule has 0 aliphatic heterocycles. The van der Waals surface area contributed by atoms with Gasteiger partial charge in [-0.25, -0.2) is 9.97 Å². The summed E-state index contributed by atoms with van der Waals surface area (Å²) in [6.45, 7) is 4.67. The van der Waals surface area contributed by atoms with E-state index < -0.39 is 0 Å². The molecule has 1 aliphatic rings. The van der Waals surface area contributed by atoms with Gasteiger partial charge in [-0.05, 0) is 26.2 Å². The Hall–Kier alpha value is -2.05. The van der Waals surface area contributed by atoms with Crippen LogP contribution in [-0.2, 0) is 4.79 Å². The normalized spacial score (nSPS) is 15.2. The second-order valence-electron chi connectivity index (χ2n) is 5.18. The molecule has 1 aromatic heterocycles. The molecule has 0 radical (unpaired) electrons. The maximum absolute atomic E-state index is 12.0. The summed E-state index contributed by atoms with van der Waals surface area (Å²) in [6.07, 6.45) is 4.57. The molecule has 0 spiro atoms. The zero-order valence-corrected chi connectivity index (χ0v) is 12.8. The van der Waals surface area contributed by atoms with Gasteiger partial charge in [-0.3, -0.25) is 4.79 Å². The Bertz CT molecular complexity index is 490. The number of aromatic nitrogens is 2. The van der Waals surface area contributed by atoms with Crippen molar-refractivity contribution < 1.29 is 9.53 Å². The van der Waals surface area contributed by atoms with Crippen LogP contribution in [0.4, 0.5) is 11.6 Å². The van der Waals surface area contributed by atoms with Crippen molar-refractivity contribution in [1.82, 2.24) is 15.3 Å². The molecule has 3 N–H and O–H groups in total. The van der Waals surface area contributed by atoms with E-state index in [9.17, 15) is 4.79 Å². The quantitative estimate of drug-likeness (QED) is 0.671. The fraction of sp³-hybridized carbons (Fsp3) is 0.643. The summed E-state index contributed by atoms with van der Waals surface area (Å²) in [5.41, 5.74) is 0. The number of nitrogens with zero attached hydrogens (tertiary/aromatic N) is 2. The Labute approximate surface area is 124 Å². The van der Waals surface area contributed by atoms with Crippen LogP contribution in [0.25, 0.3) is 0 Å². The van der Waals surface area contributed by atoms with Crippen LogP contribution < -0.4 is 20.7 Å². The van der Waals surface area contributed by atoms with Crippen molar-refractivity contribution in [3.63, 3.8) is 0 Å². The van der Waals surface area contributed by atoms with E-state index in [0.717, 1.165) is 25.8 Å². The van der Waals surface area contributed by atoms with Crippen LogP contribution in [0.3, 0.4) is 0 Å². The van der Waals surface area contributed by atoms with Gasteiger partial charge in [0.25, 0.3) is 0 Å². The molecule has 1 atom stereocenters. The largest absolute Gasteiger partial charge is 0.490 e. The second-order valence-corrected chi connectivity index (χ2v) is 5.18. The fourth-order valence-electron chi connectivity index (χ4n) is 1.86. The average Bonchev–Trinajstić information content (AvgIpc) is 3.29. The molecule has 0 bridgehead atoms. The van der Waals surface area contributed by atoms with E-state index in [1.807, 2.05) is 0 Å². The predicted octanol–water partition coefficient (Wildman–Crippen LogP) is 1.39. The van der Waals surface area contributed by atoms with Crippen molar-refractivity contribution >= 4 is 17.5 Å². The molecule has 0 saturated heterocycles. The van der Waals surface area contributed by atoms with Gasteiger partial charge in [-0.1, -0.05) is 6.92 Å².